The molecule has 0 saturated carbocycles. The summed E-state index contributed by atoms with van der Waals surface area (Å²) in [5, 5.41) is 4.21. The van der Waals surface area contributed by atoms with Crippen molar-refractivity contribution in [3.63, 3.8) is 0 Å². The average molecular weight is 442 g/mol. The first kappa shape index (κ1) is 23.2. The summed E-state index contributed by atoms with van der Waals surface area (Å²) in [5.74, 6) is 1.97. The van der Waals surface area contributed by atoms with Crippen LogP contribution >= 0.6 is 12.4 Å². The lowest BCUT2D eigenvalue weighted by Crippen LogP contribution is -2.46. The van der Waals surface area contributed by atoms with Crippen LogP contribution < -0.4 is 9.64 Å². The Morgan fingerprint density at radius 1 is 0.935 bits per heavy atom. The minimum atomic E-state index is 0. The van der Waals surface area contributed by atoms with E-state index in [0.29, 0.717) is 6.61 Å². The van der Waals surface area contributed by atoms with Crippen LogP contribution in [0.2, 0.25) is 0 Å². The van der Waals surface area contributed by atoms with Crippen LogP contribution in [0.1, 0.15) is 25.5 Å². The number of aromatic nitrogens is 1. The minimum absolute atomic E-state index is 0. The first-order valence-electron chi connectivity index (χ1n) is 11.0. The van der Waals surface area contributed by atoms with Gasteiger partial charge in [0.05, 0.1) is 12.3 Å². The topological polar surface area (TPSA) is 41.7 Å². The van der Waals surface area contributed by atoms with Crippen LogP contribution in [0.5, 0.6) is 5.75 Å². The molecule has 3 aromatic rings. The third-order valence-corrected chi connectivity index (χ3v) is 5.65. The third-order valence-electron chi connectivity index (χ3n) is 5.65. The van der Waals surface area contributed by atoms with E-state index in [4.69, 9.17) is 9.26 Å². The number of hydrogen-bond acceptors (Lipinski definition) is 5. The molecule has 2 aromatic carbocycles. The fourth-order valence-corrected chi connectivity index (χ4v) is 4.02. The maximum Gasteiger partial charge on any atom is 0.142 e. The van der Waals surface area contributed by atoms with E-state index in [1.807, 2.05) is 31.2 Å². The van der Waals surface area contributed by atoms with Gasteiger partial charge in [0.15, 0.2) is 0 Å². The average Bonchev–Trinajstić information content (AvgIpc) is 3.28. The Morgan fingerprint density at radius 3 is 2.45 bits per heavy atom. The number of nitrogens with zero attached hydrogens (tertiary/aromatic N) is 3. The number of ether oxygens (including phenoxy) is 1. The second kappa shape index (κ2) is 11.8. The molecule has 31 heavy (non-hydrogen) atoms. The molecule has 2 heterocycles. The van der Waals surface area contributed by atoms with E-state index in [9.17, 15) is 0 Å². The number of para-hydroxylation sites is 2. The highest BCUT2D eigenvalue weighted by molar-refractivity contribution is 5.85. The fraction of sp³-hybridized carbons (Fsp3) is 0.400. The number of rotatable bonds is 9. The number of halogens is 1. The van der Waals surface area contributed by atoms with Gasteiger partial charge in [0.1, 0.15) is 17.2 Å². The van der Waals surface area contributed by atoms with Gasteiger partial charge in [-0.15, -0.1) is 12.4 Å². The Hall–Kier alpha value is -2.50. The Morgan fingerprint density at radius 2 is 1.68 bits per heavy atom. The number of benzene rings is 2. The monoisotopic (exact) mass is 441 g/mol. The van der Waals surface area contributed by atoms with Gasteiger partial charge in [-0.05, 0) is 38.4 Å². The smallest absolute Gasteiger partial charge is 0.142 e. The van der Waals surface area contributed by atoms with Gasteiger partial charge < -0.3 is 14.2 Å². The molecule has 6 heteroatoms. The van der Waals surface area contributed by atoms with Crippen molar-refractivity contribution in [1.82, 2.24) is 10.1 Å². The Kier molecular flexibility index (Phi) is 8.80. The van der Waals surface area contributed by atoms with Crippen LogP contribution in [-0.2, 0) is 6.42 Å². The van der Waals surface area contributed by atoms with Gasteiger partial charge in [0, 0.05) is 44.2 Å². The first-order valence-corrected chi connectivity index (χ1v) is 11.0. The van der Waals surface area contributed by atoms with Crippen LogP contribution in [-0.4, -0.2) is 49.4 Å². The zero-order valence-corrected chi connectivity index (χ0v) is 19.0. The van der Waals surface area contributed by atoms with Gasteiger partial charge in [-0.25, -0.2) is 0 Å². The molecule has 0 atom stereocenters. The summed E-state index contributed by atoms with van der Waals surface area (Å²) >= 11 is 0. The van der Waals surface area contributed by atoms with E-state index in [2.05, 4.69) is 51.4 Å². The van der Waals surface area contributed by atoms with Crippen LogP contribution in [0.4, 0.5) is 5.69 Å². The van der Waals surface area contributed by atoms with Crippen molar-refractivity contribution in [2.24, 2.45) is 0 Å². The SMILES string of the molecule is CCOc1ccccc1N1CCN(CCCCc2cc(-c3ccccc3)no2)CC1.Cl. The van der Waals surface area contributed by atoms with Crippen LogP contribution in [0.3, 0.4) is 0 Å². The molecule has 0 N–H and O–H groups in total. The lowest BCUT2D eigenvalue weighted by atomic mass is 10.1. The highest BCUT2D eigenvalue weighted by atomic mass is 35.5. The molecule has 5 nitrogen and oxygen atoms in total. The van der Waals surface area contributed by atoms with E-state index < -0.39 is 0 Å². The Bertz CT molecular complexity index is 908. The summed E-state index contributed by atoms with van der Waals surface area (Å²) in [5.41, 5.74) is 3.25. The molecule has 0 amide bonds. The summed E-state index contributed by atoms with van der Waals surface area (Å²) in [4.78, 5) is 5.01. The highest BCUT2D eigenvalue weighted by Crippen LogP contribution is 2.28. The van der Waals surface area contributed by atoms with E-state index in [1.54, 1.807) is 0 Å². The quantitative estimate of drug-likeness (QED) is 0.421. The molecule has 4 rings (SSSR count). The summed E-state index contributed by atoms with van der Waals surface area (Å²) in [7, 11) is 0. The van der Waals surface area contributed by atoms with Gasteiger partial charge in [-0.2, -0.15) is 0 Å². The normalized spacial score (nSPS) is 14.3. The number of unbranched alkanes of at least 4 members (excludes halogenated alkanes) is 1. The Balaban J connectivity index is 0.00000272. The molecule has 0 bridgehead atoms. The molecule has 1 aromatic heterocycles. The van der Waals surface area contributed by atoms with Crippen molar-refractivity contribution in [2.75, 3.05) is 44.2 Å². The second-order valence-corrected chi connectivity index (χ2v) is 7.73. The maximum absolute atomic E-state index is 5.80. The number of anilines is 1. The van der Waals surface area contributed by atoms with Crippen molar-refractivity contribution < 1.29 is 9.26 Å². The molecule has 0 spiro atoms. The van der Waals surface area contributed by atoms with Crippen molar-refractivity contribution in [2.45, 2.75) is 26.2 Å². The van der Waals surface area contributed by atoms with Crippen LogP contribution in [0.15, 0.2) is 65.2 Å². The molecule has 1 aliphatic rings. The molecule has 1 aliphatic heterocycles. The third kappa shape index (κ3) is 6.25. The summed E-state index contributed by atoms with van der Waals surface area (Å²) in [6.45, 7) is 8.17. The zero-order valence-electron chi connectivity index (χ0n) is 18.2. The van der Waals surface area contributed by atoms with E-state index in [1.165, 1.54) is 12.1 Å². The molecule has 0 unspecified atom stereocenters. The van der Waals surface area contributed by atoms with Crippen LogP contribution in [0.25, 0.3) is 11.3 Å². The Labute approximate surface area is 191 Å². The van der Waals surface area contributed by atoms with Crippen molar-refractivity contribution in [3.8, 4) is 17.0 Å². The number of aryl methyl sites for hydroxylation is 1. The molecule has 1 fully saturated rings. The molecular weight excluding hydrogens is 410 g/mol. The maximum atomic E-state index is 5.80. The van der Waals surface area contributed by atoms with E-state index in [0.717, 1.165) is 68.3 Å². The van der Waals surface area contributed by atoms with Crippen molar-refractivity contribution in [3.05, 3.63) is 66.4 Å². The summed E-state index contributed by atoms with van der Waals surface area (Å²) in [6.07, 6.45) is 3.25. The predicted molar refractivity (Wildman–Crippen MR) is 128 cm³/mol. The standard InChI is InChI=1S/C25H31N3O2.ClH/c1-2-29-25-14-7-6-13-24(25)28-18-16-27(17-19-28)15-9-8-12-22-20-23(26-30-22)21-10-4-3-5-11-21;/h3-7,10-11,13-14,20H,2,8-9,12,15-19H2,1H3;1H. The fourth-order valence-electron chi connectivity index (χ4n) is 4.02. The van der Waals surface area contributed by atoms with Gasteiger partial charge >= 0.3 is 0 Å². The number of piperazine rings is 1. The van der Waals surface area contributed by atoms with Crippen molar-refractivity contribution >= 4 is 18.1 Å². The minimum Gasteiger partial charge on any atom is -0.492 e. The second-order valence-electron chi connectivity index (χ2n) is 7.73. The largest absolute Gasteiger partial charge is 0.492 e. The molecule has 0 aliphatic carbocycles. The van der Waals surface area contributed by atoms with Crippen molar-refractivity contribution in [1.29, 1.82) is 0 Å². The first-order chi connectivity index (χ1) is 14.8. The lowest BCUT2D eigenvalue weighted by molar-refractivity contribution is 0.250. The highest BCUT2D eigenvalue weighted by Gasteiger charge is 2.19. The summed E-state index contributed by atoms with van der Waals surface area (Å²) in [6, 6.07) is 20.6. The van der Waals surface area contributed by atoms with Gasteiger partial charge in [-0.1, -0.05) is 47.6 Å². The van der Waals surface area contributed by atoms with Gasteiger partial charge in [-0.3, -0.25) is 4.90 Å². The molecule has 1 saturated heterocycles. The molecule has 166 valence electrons. The summed E-state index contributed by atoms with van der Waals surface area (Å²) < 4.78 is 11.3. The van der Waals surface area contributed by atoms with E-state index >= 15 is 0 Å². The molecular formula is C25H32ClN3O2. The predicted octanol–water partition coefficient (Wildman–Crippen LogP) is 5.31. The van der Waals surface area contributed by atoms with Crippen LogP contribution in [0, 0.1) is 0 Å². The zero-order chi connectivity index (χ0) is 20.6. The van der Waals surface area contributed by atoms with Gasteiger partial charge in [0.2, 0.25) is 0 Å². The number of hydrogen-bond donors (Lipinski definition) is 0. The van der Waals surface area contributed by atoms with E-state index in [-0.39, 0.29) is 12.4 Å². The van der Waals surface area contributed by atoms with Gasteiger partial charge in [0.25, 0.3) is 0 Å². The molecule has 0 radical (unpaired) electrons. The lowest BCUT2D eigenvalue weighted by Gasteiger charge is -2.36.